The summed E-state index contributed by atoms with van der Waals surface area (Å²) in [5, 5.41) is 0.412. The maximum absolute atomic E-state index is 13.4. The summed E-state index contributed by atoms with van der Waals surface area (Å²) in [6, 6.07) is 13.6. The summed E-state index contributed by atoms with van der Waals surface area (Å²) < 4.78 is 45.4. The molecular weight excluding hydrogens is 489 g/mol. The van der Waals surface area contributed by atoms with Crippen LogP contribution in [0, 0.1) is 12.7 Å². The minimum Gasteiger partial charge on any atom is -0.459 e. The third-order valence-corrected chi connectivity index (χ3v) is 7.73. The number of aryl methyl sites for hydroxylation is 1. The number of rotatable bonds is 6. The molecular formula is C25H24FN3O6S. The van der Waals surface area contributed by atoms with Crippen molar-refractivity contribution in [1.29, 1.82) is 0 Å². The quantitative estimate of drug-likeness (QED) is 0.506. The number of nitrogens with zero attached hydrogens (tertiary/aromatic N) is 2. The molecule has 4 rings (SSSR count). The predicted molar refractivity (Wildman–Crippen MR) is 127 cm³/mol. The molecule has 1 aliphatic rings. The average Bonchev–Trinajstić information content (AvgIpc) is 3.42. The molecule has 3 aromatic rings. The van der Waals surface area contributed by atoms with E-state index >= 15 is 0 Å². The molecule has 11 heteroatoms. The molecule has 1 fully saturated rings. The monoisotopic (exact) mass is 513 g/mol. The van der Waals surface area contributed by atoms with Crippen molar-refractivity contribution < 1.29 is 31.6 Å². The van der Waals surface area contributed by atoms with Crippen molar-refractivity contribution in [3.05, 3.63) is 89.6 Å². The minimum atomic E-state index is -4.43. The number of halogens is 1. The Bertz CT molecular complexity index is 1350. The van der Waals surface area contributed by atoms with E-state index in [4.69, 9.17) is 4.42 Å². The lowest BCUT2D eigenvalue weighted by molar-refractivity contribution is -0.132. The van der Waals surface area contributed by atoms with Gasteiger partial charge in [-0.15, -0.1) is 0 Å². The zero-order valence-corrected chi connectivity index (χ0v) is 20.2. The number of hydrogen-bond donors (Lipinski definition) is 1. The number of carbonyl (C=O) groups excluding carboxylic acids is 3. The van der Waals surface area contributed by atoms with Crippen molar-refractivity contribution in [1.82, 2.24) is 15.1 Å². The highest BCUT2D eigenvalue weighted by molar-refractivity contribution is 7.92. The zero-order valence-electron chi connectivity index (χ0n) is 19.4. The van der Waals surface area contributed by atoms with Gasteiger partial charge in [0, 0.05) is 31.7 Å². The van der Waals surface area contributed by atoms with E-state index in [1.807, 2.05) is 6.92 Å². The third kappa shape index (κ3) is 5.30. The fraction of sp³-hybridized carbons (Fsp3) is 0.240. The van der Waals surface area contributed by atoms with Crippen LogP contribution >= 0.6 is 0 Å². The van der Waals surface area contributed by atoms with Gasteiger partial charge >= 0.3 is 0 Å². The molecule has 0 radical (unpaired) electrons. The molecule has 3 amide bonds. The van der Waals surface area contributed by atoms with Crippen molar-refractivity contribution in [2.45, 2.75) is 17.2 Å². The largest absolute Gasteiger partial charge is 0.459 e. The smallest absolute Gasteiger partial charge is 0.289 e. The van der Waals surface area contributed by atoms with E-state index in [0.29, 0.717) is 0 Å². The summed E-state index contributed by atoms with van der Waals surface area (Å²) in [6.45, 7) is 2.26. The molecule has 1 atom stereocenters. The molecule has 1 N–H and O–H groups in total. The van der Waals surface area contributed by atoms with Crippen LogP contribution in [0.5, 0.6) is 0 Å². The Kier molecular flexibility index (Phi) is 7.20. The first-order valence-electron chi connectivity index (χ1n) is 11.2. The molecule has 0 unspecified atom stereocenters. The first kappa shape index (κ1) is 25.1. The van der Waals surface area contributed by atoms with Gasteiger partial charge in [0.05, 0.1) is 11.2 Å². The highest BCUT2D eigenvalue weighted by Gasteiger charge is 2.39. The number of furan rings is 1. The van der Waals surface area contributed by atoms with Crippen molar-refractivity contribution in [3.63, 3.8) is 0 Å². The molecule has 9 nitrogen and oxygen atoms in total. The van der Waals surface area contributed by atoms with Crippen LogP contribution in [0.15, 0.2) is 76.2 Å². The molecule has 1 aliphatic heterocycles. The minimum absolute atomic E-state index is 0.0567. The van der Waals surface area contributed by atoms with Crippen LogP contribution in [0.4, 0.5) is 4.39 Å². The summed E-state index contributed by atoms with van der Waals surface area (Å²) in [5.41, 5.74) is 1.08. The van der Waals surface area contributed by atoms with Crippen molar-refractivity contribution in [2.75, 3.05) is 26.2 Å². The van der Waals surface area contributed by atoms with Gasteiger partial charge in [-0.05, 0) is 55.5 Å². The number of nitrogens with one attached hydrogen (secondary N) is 1. The van der Waals surface area contributed by atoms with E-state index in [0.717, 1.165) is 29.8 Å². The number of sulfone groups is 1. The van der Waals surface area contributed by atoms with Gasteiger partial charge in [-0.25, -0.2) is 12.8 Å². The Morgan fingerprint density at radius 3 is 2.11 bits per heavy atom. The summed E-state index contributed by atoms with van der Waals surface area (Å²) >= 11 is 0. The van der Waals surface area contributed by atoms with E-state index in [9.17, 15) is 27.2 Å². The molecule has 36 heavy (non-hydrogen) atoms. The van der Waals surface area contributed by atoms with Crippen molar-refractivity contribution in [2.24, 2.45) is 0 Å². The maximum atomic E-state index is 13.4. The van der Waals surface area contributed by atoms with Gasteiger partial charge in [0.1, 0.15) is 5.82 Å². The van der Waals surface area contributed by atoms with Crippen LogP contribution in [0.2, 0.25) is 0 Å². The predicted octanol–water partition coefficient (Wildman–Crippen LogP) is 2.24. The Labute approximate surface area is 207 Å². The lowest BCUT2D eigenvalue weighted by Crippen LogP contribution is -2.57. The van der Waals surface area contributed by atoms with E-state index in [1.165, 1.54) is 34.3 Å². The zero-order chi connectivity index (χ0) is 25.9. The van der Waals surface area contributed by atoms with E-state index in [1.54, 1.807) is 18.2 Å². The molecule has 0 spiro atoms. The first-order chi connectivity index (χ1) is 17.2. The Morgan fingerprint density at radius 2 is 1.53 bits per heavy atom. The fourth-order valence-electron chi connectivity index (χ4n) is 3.79. The number of hydrogen-bond acceptors (Lipinski definition) is 6. The number of benzene rings is 2. The SMILES string of the molecule is Cc1ccc(C(=O)N[C@H](C(=O)N2CCN(C(=O)c3ccco3)CC2)S(=O)(=O)c2ccc(F)cc2)cc1. The summed E-state index contributed by atoms with van der Waals surface area (Å²) in [4.78, 5) is 41.3. The topological polar surface area (TPSA) is 117 Å². The van der Waals surface area contributed by atoms with Gasteiger partial charge in [-0.1, -0.05) is 17.7 Å². The highest BCUT2D eigenvalue weighted by atomic mass is 32.2. The van der Waals surface area contributed by atoms with E-state index in [-0.39, 0.29) is 48.3 Å². The summed E-state index contributed by atoms with van der Waals surface area (Å²) in [5.74, 6) is -2.40. The number of carbonyl (C=O) groups is 3. The molecule has 188 valence electrons. The number of amides is 3. The molecule has 2 aromatic carbocycles. The summed E-state index contributed by atoms with van der Waals surface area (Å²) in [6.07, 6.45) is 1.38. The second-order valence-corrected chi connectivity index (χ2v) is 10.3. The summed E-state index contributed by atoms with van der Waals surface area (Å²) in [7, 11) is -4.43. The molecule has 0 saturated carbocycles. The lowest BCUT2D eigenvalue weighted by atomic mass is 10.1. The van der Waals surface area contributed by atoms with Crippen molar-refractivity contribution >= 4 is 27.6 Å². The first-order valence-corrected chi connectivity index (χ1v) is 12.7. The standard InChI is InChI=1S/C25H24FN3O6S/c1-17-4-6-18(7-5-17)22(30)27-23(36(33,34)20-10-8-19(26)9-11-20)25(32)29-14-12-28(13-15-29)24(31)21-3-2-16-35-21/h2-11,16,23H,12-15H2,1H3,(H,27,30)/t23-/m0/s1. The van der Waals surface area contributed by atoms with Gasteiger partial charge < -0.3 is 19.5 Å². The second kappa shape index (κ2) is 10.3. The molecule has 2 heterocycles. The van der Waals surface area contributed by atoms with Gasteiger partial charge in [0.15, 0.2) is 5.76 Å². The molecule has 1 saturated heterocycles. The van der Waals surface area contributed by atoms with Crippen LogP contribution in [0.1, 0.15) is 26.5 Å². The normalized spacial score (nSPS) is 14.8. The van der Waals surface area contributed by atoms with E-state index in [2.05, 4.69) is 5.32 Å². The number of piperazine rings is 1. The second-order valence-electron chi connectivity index (χ2n) is 8.31. The van der Waals surface area contributed by atoms with Crippen LogP contribution < -0.4 is 5.32 Å². The molecule has 1 aromatic heterocycles. The highest BCUT2D eigenvalue weighted by Crippen LogP contribution is 2.19. The average molecular weight is 514 g/mol. The Morgan fingerprint density at radius 1 is 0.917 bits per heavy atom. The molecule has 0 aliphatic carbocycles. The van der Waals surface area contributed by atoms with Gasteiger partial charge in [-0.3, -0.25) is 14.4 Å². The van der Waals surface area contributed by atoms with E-state index < -0.39 is 32.8 Å². The van der Waals surface area contributed by atoms with Crippen LogP contribution in [0.3, 0.4) is 0 Å². The Hall–Kier alpha value is -3.99. The maximum Gasteiger partial charge on any atom is 0.289 e. The van der Waals surface area contributed by atoms with Crippen LogP contribution in [0.25, 0.3) is 0 Å². The van der Waals surface area contributed by atoms with Gasteiger partial charge in [-0.2, -0.15) is 0 Å². The van der Waals surface area contributed by atoms with Gasteiger partial charge in [0.2, 0.25) is 15.2 Å². The lowest BCUT2D eigenvalue weighted by Gasteiger charge is -2.36. The fourth-order valence-corrected chi connectivity index (χ4v) is 5.26. The Balaban J connectivity index is 1.56. The van der Waals surface area contributed by atoms with Crippen LogP contribution in [-0.4, -0.2) is 67.5 Å². The van der Waals surface area contributed by atoms with Gasteiger partial charge in [0.25, 0.3) is 17.7 Å². The van der Waals surface area contributed by atoms with Crippen molar-refractivity contribution in [3.8, 4) is 0 Å². The van der Waals surface area contributed by atoms with Crippen LogP contribution in [-0.2, 0) is 14.6 Å². The third-order valence-electron chi connectivity index (χ3n) is 5.86. The molecule has 0 bridgehead atoms.